The molecule has 1 aromatic heterocycles. The van der Waals surface area contributed by atoms with Crippen LogP contribution in [0.5, 0.6) is 11.6 Å². The zero-order chi connectivity index (χ0) is 17.0. The molecule has 0 aliphatic rings. The van der Waals surface area contributed by atoms with Gasteiger partial charge in [0.05, 0.1) is 19.2 Å². The van der Waals surface area contributed by atoms with E-state index < -0.39 is 11.6 Å². The first kappa shape index (κ1) is 16.0. The third-order valence-electron chi connectivity index (χ3n) is 3.19. The fourth-order valence-corrected chi connectivity index (χ4v) is 1.86. The van der Waals surface area contributed by atoms with Gasteiger partial charge in [0, 0.05) is 14.1 Å². The molecule has 0 bridgehead atoms. The number of hydrogen-bond acceptors (Lipinski definition) is 6. The molecular weight excluding hydrogens is 300 g/mol. The summed E-state index contributed by atoms with van der Waals surface area (Å²) in [5.74, 6) is -0.0524. The minimum absolute atomic E-state index is 0.134. The molecule has 0 amide bonds. The largest absolute Gasteiger partial charge is 0.854 e. The van der Waals surface area contributed by atoms with Crippen molar-refractivity contribution in [1.82, 2.24) is 9.13 Å². The smallest absolute Gasteiger partial charge is 0.437 e. The predicted octanol–water partition coefficient (Wildman–Crippen LogP) is 0.225. The van der Waals surface area contributed by atoms with E-state index in [1.807, 2.05) is 0 Å². The van der Waals surface area contributed by atoms with Crippen LogP contribution in [-0.2, 0) is 14.1 Å². The molecule has 23 heavy (non-hydrogen) atoms. The van der Waals surface area contributed by atoms with E-state index in [2.05, 4.69) is 15.2 Å². The lowest BCUT2D eigenvalue weighted by molar-refractivity contribution is -0.278. The van der Waals surface area contributed by atoms with Gasteiger partial charge in [-0.1, -0.05) is 0 Å². The van der Waals surface area contributed by atoms with Gasteiger partial charge in [-0.2, -0.15) is 5.10 Å². The molecular formula is C14H14N6O3. The molecule has 0 spiro atoms. The number of nitrogens with zero attached hydrogens (tertiary/aromatic N) is 6. The minimum atomic E-state index is -0.756. The predicted molar refractivity (Wildman–Crippen MR) is 81.0 cm³/mol. The van der Waals surface area contributed by atoms with Crippen LogP contribution in [0.15, 0.2) is 39.3 Å². The second-order valence-corrected chi connectivity index (χ2v) is 4.60. The summed E-state index contributed by atoms with van der Waals surface area (Å²) in [6.45, 7) is 0. The van der Waals surface area contributed by atoms with Crippen molar-refractivity contribution >= 4 is 11.9 Å². The van der Waals surface area contributed by atoms with Crippen molar-refractivity contribution in [2.45, 2.75) is 0 Å². The minimum Gasteiger partial charge on any atom is -0.854 e. The van der Waals surface area contributed by atoms with E-state index in [4.69, 9.17) is 10.1 Å². The van der Waals surface area contributed by atoms with Gasteiger partial charge in [0.1, 0.15) is 5.75 Å². The summed E-state index contributed by atoms with van der Waals surface area (Å²) in [5.41, 5.74) is -0.349. The second-order valence-electron chi connectivity index (χ2n) is 4.60. The maximum Gasteiger partial charge on any atom is 0.437 e. The monoisotopic (exact) mass is 314 g/mol. The van der Waals surface area contributed by atoms with Crippen LogP contribution in [0.1, 0.15) is 5.56 Å². The quantitative estimate of drug-likeness (QED) is 0.458. The van der Waals surface area contributed by atoms with Crippen molar-refractivity contribution in [3.8, 4) is 11.6 Å². The Balaban J connectivity index is 2.49. The van der Waals surface area contributed by atoms with E-state index in [1.165, 1.54) is 20.3 Å². The van der Waals surface area contributed by atoms with E-state index in [0.29, 0.717) is 5.75 Å². The molecule has 0 radical (unpaired) electrons. The van der Waals surface area contributed by atoms with Gasteiger partial charge in [0.15, 0.2) is 4.98 Å². The standard InChI is InChI=1S/C14H14N6O3/c1-19-12(11(17-15)13(21)20(2)14(19)22)18-16-8-9-4-6-10(23-3)7-5-9/h4-8H,1-3H3/b16-8+. The Labute approximate surface area is 131 Å². The van der Waals surface area contributed by atoms with Gasteiger partial charge in [-0.3, -0.25) is 4.57 Å². The third kappa shape index (κ3) is 3.11. The summed E-state index contributed by atoms with van der Waals surface area (Å²) >= 11 is 0. The van der Waals surface area contributed by atoms with Crippen molar-refractivity contribution in [2.24, 2.45) is 24.3 Å². The van der Waals surface area contributed by atoms with Gasteiger partial charge >= 0.3 is 11.4 Å². The van der Waals surface area contributed by atoms with Crippen LogP contribution >= 0.6 is 0 Å². The third-order valence-corrected chi connectivity index (χ3v) is 3.19. The number of aromatic nitrogens is 2. The summed E-state index contributed by atoms with van der Waals surface area (Å²) < 4.78 is 6.94. The van der Waals surface area contributed by atoms with Gasteiger partial charge < -0.3 is 14.4 Å². The average molecular weight is 314 g/mol. The highest BCUT2D eigenvalue weighted by atomic mass is 16.5. The molecule has 2 aromatic rings. The van der Waals surface area contributed by atoms with Crippen LogP contribution in [0, 0.1) is 5.39 Å². The van der Waals surface area contributed by atoms with Gasteiger partial charge in [0.2, 0.25) is 5.39 Å². The maximum absolute atomic E-state index is 11.9. The molecule has 1 aromatic carbocycles. The fraction of sp³-hybridized carbons (Fsp3) is 0.214. The Morgan fingerprint density at radius 3 is 2.48 bits per heavy atom. The number of hydrogen-bond donors (Lipinski definition) is 0. The van der Waals surface area contributed by atoms with Gasteiger partial charge in [0.25, 0.3) is 5.49 Å². The highest BCUT2D eigenvalue weighted by molar-refractivity contribution is 5.79. The SMILES string of the molecule is COc1ccc(/C=N/N=c2/c([N+]#N)c([O-])n(C)c(=O)n2C)cc1. The van der Waals surface area contributed by atoms with E-state index >= 15 is 0 Å². The van der Waals surface area contributed by atoms with Gasteiger partial charge in [-0.15, -0.1) is 5.10 Å². The molecule has 9 heteroatoms. The Bertz CT molecular complexity index is 916. The highest BCUT2D eigenvalue weighted by Crippen LogP contribution is 2.14. The summed E-state index contributed by atoms with van der Waals surface area (Å²) in [4.78, 5) is 14.8. The highest BCUT2D eigenvalue weighted by Gasteiger charge is 2.18. The molecule has 2 rings (SSSR count). The normalized spacial score (nSPS) is 11.7. The number of rotatable bonds is 3. The van der Waals surface area contributed by atoms with Crippen LogP contribution in [0.4, 0.5) is 5.69 Å². The topological polar surface area (TPSA) is 112 Å². The van der Waals surface area contributed by atoms with Crippen LogP contribution in [0.25, 0.3) is 4.98 Å². The number of methoxy groups -OCH3 is 1. The van der Waals surface area contributed by atoms with Crippen LogP contribution < -0.4 is 21.0 Å². The van der Waals surface area contributed by atoms with Crippen LogP contribution in [0.3, 0.4) is 0 Å². The summed E-state index contributed by atoms with van der Waals surface area (Å²) in [6, 6.07) is 7.03. The summed E-state index contributed by atoms with van der Waals surface area (Å²) in [7, 11) is 4.25. The molecule has 0 saturated heterocycles. The lowest BCUT2D eigenvalue weighted by Gasteiger charge is -2.09. The Morgan fingerprint density at radius 2 is 1.91 bits per heavy atom. The number of ether oxygens (including phenoxy) is 1. The Kier molecular flexibility index (Phi) is 4.56. The number of diazo groups is 1. The lowest BCUT2D eigenvalue weighted by atomic mass is 10.2. The molecule has 0 aliphatic carbocycles. The Morgan fingerprint density at radius 1 is 1.26 bits per heavy atom. The number of benzene rings is 1. The van der Waals surface area contributed by atoms with E-state index in [0.717, 1.165) is 14.7 Å². The molecule has 118 valence electrons. The van der Waals surface area contributed by atoms with Crippen molar-refractivity contribution < 1.29 is 9.84 Å². The van der Waals surface area contributed by atoms with E-state index in [1.54, 1.807) is 31.4 Å². The van der Waals surface area contributed by atoms with Gasteiger partial charge in [-0.25, -0.2) is 4.79 Å². The molecule has 1 heterocycles. The zero-order valence-corrected chi connectivity index (χ0v) is 12.8. The van der Waals surface area contributed by atoms with Crippen molar-refractivity contribution in [1.29, 1.82) is 5.39 Å². The lowest BCUT2D eigenvalue weighted by Crippen LogP contribution is -2.38. The average Bonchev–Trinajstić information content (AvgIpc) is 2.58. The molecule has 0 atom stereocenters. The van der Waals surface area contributed by atoms with Crippen molar-refractivity contribution in [3.05, 3.63) is 50.8 Å². The molecule has 0 fully saturated rings. The molecule has 0 saturated carbocycles. The van der Waals surface area contributed by atoms with Crippen molar-refractivity contribution in [2.75, 3.05) is 7.11 Å². The Hall–Kier alpha value is -3.41. The first-order valence-electron chi connectivity index (χ1n) is 6.52. The molecule has 9 nitrogen and oxygen atoms in total. The first-order valence-corrected chi connectivity index (χ1v) is 6.52. The van der Waals surface area contributed by atoms with Gasteiger partial charge in [-0.05, 0) is 29.8 Å². The molecule has 0 aliphatic heterocycles. The van der Waals surface area contributed by atoms with E-state index in [9.17, 15) is 9.90 Å². The molecule has 0 unspecified atom stereocenters. The summed E-state index contributed by atoms with van der Waals surface area (Å²) in [5, 5.41) is 28.5. The summed E-state index contributed by atoms with van der Waals surface area (Å²) in [6.07, 6.45) is 1.43. The first-order chi connectivity index (χ1) is 11.0. The van der Waals surface area contributed by atoms with Crippen LogP contribution in [-0.4, -0.2) is 22.5 Å². The second kappa shape index (κ2) is 6.57. The molecule has 0 N–H and O–H groups in total. The maximum atomic E-state index is 11.9. The zero-order valence-electron chi connectivity index (χ0n) is 12.8. The fourth-order valence-electron chi connectivity index (χ4n) is 1.86. The van der Waals surface area contributed by atoms with Crippen LogP contribution in [0.2, 0.25) is 0 Å². The van der Waals surface area contributed by atoms with E-state index in [-0.39, 0.29) is 11.2 Å². The van der Waals surface area contributed by atoms with Crippen molar-refractivity contribution in [3.63, 3.8) is 0 Å².